The van der Waals surface area contributed by atoms with E-state index in [4.69, 9.17) is 27.5 Å². The first-order valence-corrected chi connectivity index (χ1v) is 10.1. The van der Waals surface area contributed by atoms with Gasteiger partial charge in [0.1, 0.15) is 11.9 Å². The van der Waals surface area contributed by atoms with Gasteiger partial charge in [-0.15, -0.1) is 0 Å². The topological polar surface area (TPSA) is 108 Å². The molecule has 1 saturated heterocycles. The molecule has 7 nitrogen and oxygen atoms in total. The summed E-state index contributed by atoms with van der Waals surface area (Å²) in [6, 6.07) is 2.25. The number of nitrogens with two attached hydrogens (primary N) is 1. The molecule has 1 aromatic rings. The molecule has 0 amide bonds. The van der Waals surface area contributed by atoms with Gasteiger partial charge in [-0.25, -0.2) is 4.98 Å². The molecule has 2 fully saturated rings. The Morgan fingerprint density at radius 3 is 3.07 bits per heavy atom. The highest BCUT2D eigenvalue weighted by atomic mass is 35.5. The number of aryl methyl sites for hydroxylation is 1. The van der Waals surface area contributed by atoms with Crippen LogP contribution in [0, 0.1) is 24.2 Å². The molecule has 0 radical (unpaired) electrons. The predicted octanol–water partition coefficient (Wildman–Crippen LogP) is 3.40. The Labute approximate surface area is 171 Å². The van der Waals surface area contributed by atoms with Crippen LogP contribution in [0.4, 0.5) is 11.6 Å². The number of anilines is 1. The largest absolute Gasteiger partial charge is 0.460 e. The molecule has 4 atom stereocenters. The fourth-order valence-electron chi connectivity index (χ4n) is 4.05. The third-order valence-corrected chi connectivity index (χ3v) is 5.78. The van der Waals surface area contributed by atoms with Gasteiger partial charge in [0.25, 0.3) is 6.02 Å². The smallest absolute Gasteiger partial charge is 0.289 e. The van der Waals surface area contributed by atoms with E-state index in [9.17, 15) is 0 Å². The van der Waals surface area contributed by atoms with Crippen molar-refractivity contribution >= 4 is 35.0 Å². The van der Waals surface area contributed by atoms with E-state index in [0.717, 1.165) is 24.9 Å². The molecule has 1 aliphatic carbocycles. The lowest BCUT2D eigenvalue weighted by Crippen LogP contribution is -2.38. The molecule has 28 heavy (non-hydrogen) atoms. The van der Waals surface area contributed by atoms with Gasteiger partial charge < -0.3 is 26.5 Å². The van der Waals surface area contributed by atoms with Gasteiger partial charge in [0.2, 0.25) is 0 Å². The first-order chi connectivity index (χ1) is 13.4. The predicted molar refractivity (Wildman–Crippen MR) is 115 cm³/mol. The van der Waals surface area contributed by atoms with Crippen molar-refractivity contribution in [3.05, 3.63) is 28.8 Å². The van der Waals surface area contributed by atoms with Gasteiger partial charge in [-0.05, 0) is 62.8 Å². The summed E-state index contributed by atoms with van der Waals surface area (Å²) in [4.78, 5) is 8.86. The number of allylic oxidation sites excluding steroid dienone is 1. The molecule has 152 valence electrons. The van der Waals surface area contributed by atoms with E-state index in [-0.39, 0.29) is 12.1 Å². The molecule has 2 heterocycles. The minimum Gasteiger partial charge on any atom is -0.460 e. The molecule has 0 aromatic carbocycles. The second kappa shape index (κ2) is 8.92. The van der Waals surface area contributed by atoms with E-state index in [0.29, 0.717) is 46.8 Å². The highest BCUT2D eigenvalue weighted by molar-refractivity contribution is 6.33. The molecule has 5 N–H and O–H groups in total. The van der Waals surface area contributed by atoms with Crippen LogP contribution in [0.2, 0.25) is 5.02 Å². The summed E-state index contributed by atoms with van der Waals surface area (Å²) in [6.45, 7) is 7.38. The van der Waals surface area contributed by atoms with E-state index in [2.05, 4.69) is 27.5 Å². The van der Waals surface area contributed by atoms with Gasteiger partial charge in [0, 0.05) is 6.04 Å². The zero-order valence-electron chi connectivity index (χ0n) is 16.6. The zero-order chi connectivity index (χ0) is 20.3. The number of halogens is 1. The lowest BCUT2D eigenvalue weighted by atomic mass is 9.94. The van der Waals surface area contributed by atoms with Crippen LogP contribution in [0.3, 0.4) is 0 Å². The number of nitrogens with one attached hydrogen (secondary N) is 3. The number of fused-ring (bicyclic) bond motifs is 1. The third kappa shape index (κ3) is 4.64. The lowest BCUT2D eigenvalue weighted by Gasteiger charge is -2.20. The van der Waals surface area contributed by atoms with E-state index >= 15 is 0 Å². The number of nitrogens with zero attached hydrogens (tertiary/aromatic N) is 2. The van der Waals surface area contributed by atoms with Crippen molar-refractivity contribution < 1.29 is 4.74 Å². The number of ether oxygens (including phenoxy) is 1. The minimum absolute atomic E-state index is 0.0465. The SMILES string of the molecule is C/C=C\C(=N)CNc1nc(N=C(N)OC2CC[C@@H]3C(C)CN[C@H]23)c(C)cc1Cl. The van der Waals surface area contributed by atoms with Crippen LogP contribution < -0.4 is 16.4 Å². The Morgan fingerprint density at radius 2 is 2.32 bits per heavy atom. The number of amidine groups is 1. The van der Waals surface area contributed by atoms with Crippen molar-refractivity contribution in [3.8, 4) is 0 Å². The van der Waals surface area contributed by atoms with Crippen LogP contribution in [0.15, 0.2) is 23.2 Å². The average Bonchev–Trinajstić information content (AvgIpc) is 3.20. The maximum absolute atomic E-state index is 7.82. The number of aromatic nitrogens is 1. The summed E-state index contributed by atoms with van der Waals surface area (Å²) in [5.41, 5.74) is 7.33. The third-order valence-electron chi connectivity index (χ3n) is 5.49. The van der Waals surface area contributed by atoms with E-state index in [1.807, 2.05) is 19.9 Å². The molecule has 0 bridgehead atoms. The first-order valence-electron chi connectivity index (χ1n) is 9.74. The van der Waals surface area contributed by atoms with Crippen LogP contribution in [0.25, 0.3) is 0 Å². The number of hydrogen-bond donors (Lipinski definition) is 4. The van der Waals surface area contributed by atoms with Gasteiger partial charge in [-0.2, -0.15) is 4.99 Å². The van der Waals surface area contributed by atoms with Crippen molar-refractivity contribution in [3.63, 3.8) is 0 Å². The second-order valence-electron chi connectivity index (χ2n) is 7.60. The number of pyridine rings is 1. The number of rotatable bonds is 6. The minimum atomic E-state index is 0.0465. The number of hydrogen-bond acceptors (Lipinski definition) is 6. The van der Waals surface area contributed by atoms with Crippen molar-refractivity contribution in [2.45, 2.75) is 45.8 Å². The van der Waals surface area contributed by atoms with Crippen molar-refractivity contribution in [1.29, 1.82) is 5.41 Å². The van der Waals surface area contributed by atoms with E-state index in [1.165, 1.54) is 0 Å². The van der Waals surface area contributed by atoms with Crippen LogP contribution in [0.5, 0.6) is 0 Å². The second-order valence-corrected chi connectivity index (χ2v) is 8.00. The quantitative estimate of drug-likeness (QED) is 0.429. The molecular weight excluding hydrogens is 376 g/mol. The van der Waals surface area contributed by atoms with Crippen LogP contribution in [-0.2, 0) is 4.74 Å². The molecule has 2 aliphatic rings. The Bertz CT molecular complexity index is 793. The van der Waals surface area contributed by atoms with Crippen molar-refractivity contribution in [2.24, 2.45) is 22.6 Å². The van der Waals surface area contributed by atoms with Crippen LogP contribution >= 0.6 is 11.6 Å². The van der Waals surface area contributed by atoms with Crippen LogP contribution in [0.1, 0.15) is 32.3 Å². The van der Waals surface area contributed by atoms with Crippen molar-refractivity contribution in [2.75, 3.05) is 18.4 Å². The van der Waals surface area contributed by atoms with Gasteiger partial charge >= 0.3 is 0 Å². The van der Waals surface area contributed by atoms with Crippen LogP contribution in [-0.4, -0.2) is 42.0 Å². The summed E-state index contributed by atoms with van der Waals surface area (Å²) in [5.74, 6) is 2.26. The van der Waals surface area contributed by atoms with E-state index < -0.39 is 0 Å². The Kier molecular flexibility index (Phi) is 6.57. The molecule has 1 aliphatic heterocycles. The molecule has 0 spiro atoms. The highest BCUT2D eigenvalue weighted by Crippen LogP contribution is 2.37. The highest BCUT2D eigenvalue weighted by Gasteiger charge is 2.44. The van der Waals surface area contributed by atoms with Gasteiger partial charge in [-0.3, -0.25) is 0 Å². The normalized spacial score (nSPS) is 27.2. The zero-order valence-corrected chi connectivity index (χ0v) is 17.4. The maximum atomic E-state index is 7.82. The molecular formula is C20H29ClN6O. The molecule has 1 saturated carbocycles. The molecule has 3 rings (SSSR count). The Balaban J connectivity index is 1.70. The fraction of sp³-hybridized carbons (Fsp3) is 0.550. The monoisotopic (exact) mass is 404 g/mol. The first kappa shape index (κ1) is 20.6. The summed E-state index contributed by atoms with van der Waals surface area (Å²) >= 11 is 6.28. The summed E-state index contributed by atoms with van der Waals surface area (Å²) < 4.78 is 5.96. The van der Waals surface area contributed by atoms with Crippen molar-refractivity contribution in [1.82, 2.24) is 10.3 Å². The lowest BCUT2D eigenvalue weighted by molar-refractivity contribution is 0.160. The Morgan fingerprint density at radius 1 is 1.54 bits per heavy atom. The molecule has 1 aromatic heterocycles. The summed E-state index contributed by atoms with van der Waals surface area (Å²) in [6.07, 6.45) is 5.71. The summed E-state index contributed by atoms with van der Waals surface area (Å²) in [5, 5.41) is 14.9. The van der Waals surface area contributed by atoms with Gasteiger partial charge in [0.15, 0.2) is 5.82 Å². The van der Waals surface area contributed by atoms with Gasteiger partial charge in [-0.1, -0.05) is 24.6 Å². The molecule has 8 heteroatoms. The van der Waals surface area contributed by atoms with E-state index in [1.54, 1.807) is 12.1 Å². The average molecular weight is 405 g/mol. The summed E-state index contributed by atoms with van der Waals surface area (Å²) in [7, 11) is 0. The van der Waals surface area contributed by atoms with Gasteiger partial charge in [0.05, 0.1) is 17.3 Å². The molecule has 2 unspecified atom stereocenters. The fourth-order valence-corrected chi connectivity index (χ4v) is 4.32. The Hall–Kier alpha value is -2.12. The standard InChI is InChI=1S/C20H29ClN6O/c1-4-5-13(22)10-25-19-15(21)8-11(2)18(26-19)27-20(23)28-16-7-6-14-12(3)9-24-17(14)16/h4-5,8,12,14,16-17,22,24H,6-7,9-10H2,1-3H3,(H3,23,25,26,27)/b5-4-,22-13?/t12?,14-,16?,17+/m1/s1. The maximum Gasteiger partial charge on any atom is 0.289 e. The number of aliphatic imine (C=N–C) groups is 1.